The predicted octanol–water partition coefficient (Wildman–Crippen LogP) is -0.349. The SMILES string of the molecule is CCOS(=O)(=O)CCOS(=O)(=O)OCC. The first kappa shape index (κ1) is 14.8. The van der Waals surface area contributed by atoms with Crippen molar-refractivity contribution in [3.63, 3.8) is 0 Å². The molecule has 0 aromatic carbocycles. The first-order chi connectivity index (χ1) is 6.83. The molecule has 0 saturated heterocycles. The van der Waals surface area contributed by atoms with Crippen LogP contribution in [0.4, 0.5) is 0 Å². The lowest BCUT2D eigenvalue weighted by Crippen LogP contribution is -2.18. The van der Waals surface area contributed by atoms with Crippen LogP contribution in [0.15, 0.2) is 0 Å². The van der Waals surface area contributed by atoms with Crippen LogP contribution < -0.4 is 0 Å². The lowest BCUT2D eigenvalue weighted by molar-refractivity contribution is 0.229. The summed E-state index contributed by atoms with van der Waals surface area (Å²) < 4.78 is 56.3. The van der Waals surface area contributed by atoms with Crippen LogP contribution in [-0.2, 0) is 33.1 Å². The van der Waals surface area contributed by atoms with E-state index in [-0.39, 0.29) is 13.2 Å². The normalized spacial score (nSPS) is 12.9. The van der Waals surface area contributed by atoms with Gasteiger partial charge in [-0.05, 0) is 13.8 Å². The minimum Gasteiger partial charge on any atom is -0.270 e. The maximum atomic E-state index is 10.9. The van der Waals surface area contributed by atoms with Crippen LogP contribution in [0.3, 0.4) is 0 Å². The third kappa shape index (κ3) is 7.68. The van der Waals surface area contributed by atoms with E-state index in [1.807, 2.05) is 0 Å². The van der Waals surface area contributed by atoms with Crippen molar-refractivity contribution in [1.82, 2.24) is 0 Å². The molecular formula is C6H14O7S2. The highest BCUT2D eigenvalue weighted by Crippen LogP contribution is 1.98. The summed E-state index contributed by atoms with van der Waals surface area (Å²) in [6.07, 6.45) is 0. The highest BCUT2D eigenvalue weighted by molar-refractivity contribution is 7.86. The third-order valence-electron chi connectivity index (χ3n) is 1.12. The monoisotopic (exact) mass is 262 g/mol. The molecule has 0 bridgehead atoms. The van der Waals surface area contributed by atoms with E-state index >= 15 is 0 Å². The van der Waals surface area contributed by atoms with Crippen LogP contribution in [0.5, 0.6) is 0 Å². The molecule has 0 amide bonds. The lowest BCUT2D eigenvalue weighted by atomic mass is 10.9. The van der Waals surface area contributed by atoms with Gasteiger partial charge in [-0.25, -0.2) is 8.37 Å². The molecule has 0 aliphatic heterocycles. The lowest BCUT2D eigenvalue weighted by Gasteiger charge is -2.04. The van der Waals surface area contributed by atoms with Crippen molar-refractivity contribution in [3.8, 4) is 0 Å². The number of rotatable bonds is 8. The number of hydrogen-bond acceptors (Lipinski definition) is 7. The van der Waals surface area contributed by atoms with E-state index in [1.54, 1.807) is 0 Å². The highest BCUT2D eigenvalue weighted by Gasteiger charge is 2.15. The molecule has 0 saturated carbocycles. The van der Waals surface area contributed by atoms with Crippen LogP contribution in [0.1, 0.15) is 13.8 Å². The zero-order chi connectivity index (χ0) is 11.9. The molecule has 0 radical (unpaired) electrons. The molecular weight excluding hydrogens is 248 g/mol. The van der Waals surface area contributed by atoms with E-state index in [9.17, 15) is 16.8 Å². The van der Waals surface area contributed by atoms with Crippen molar-refractivity contribution in [2.45, 2.75) is 13.8 Å². The van der Waals surface area contributed by atoms with Crippen molar-refractivity contribution < 1.29 is 29.4 Å². The van der Waals surface area contributed by atoms with Gasteiger partial charge in [-0.3, -0.25) is 4.18 Å². The van der Waals surface area contributed by atoms with Gasteiger partial charge >= 0.3 is 10.4 Å². The Hall–Kier alpha value is -0.220. The average Bonchev–Trinajstić information content (AvgIpc) is 2.02. The van der Waals surface area contributed by atoms with Crippen molar-refractivity contribution in [2.75, 3.05) is 25.6 Å². The zero-order valence-corrected chi connectivity index (χ0v) is 10.1. The van der Waals surface area contributed by atoms with Gasteiger partial charge in [0.15, 0.2) is 0 Å². The van der Waals surface area contributed by atoms with E-state index in [2.05, 4.69) is 12.5 Å². The van der Waals surface area contributed by atoms with Gasteiger partial charge in [0, 0.05) is 0 Å². The average molecular weight is 262 g/mol. The van der Waals surface area contributed by atoms with E-state index in [0.29, 0.717) is 0 Å². The maximum Gasteiger partial charge on any atom is 0.399 e. The molecule has 15 heavy (non-hydrogen) atoms. The molecule has 0 aliphatic carbocycles. The van der Waals surface area contributed by atoms with Crippen LogP contribution >= 0.6 is 0 Å². The van der Waals surface area contributed by atoms with Crippen LogP contribution in [0, 0.1) is 0 Å². The molecule has 0 spiro atoms. The van der Waals surface area contributed by atoms with Crippen molar-refractivity contribution >= 4 is 20.5 Å². The molecule has 0 aromatic rings. The van der Waals surface area contributed by atoms with Crippen molar-refractivity contribution in [1.29, 1.82) is 0 Å². The summed E-state index contributed by atoms with van der Waals surface area (Å²) in [6, 6.07) is 0. The third-order valence-corrected chi connectivity index (χ3v) is 3.36. The molecule has 7 nitrogen and oxygen atoms in total. The fraction of sp³-hybridized carbons (Fsp3) is 1.00. The largest absolute Gasteiger partial charge is 0.399 e. The quantitative estimate of drug-likeness (QED) is 0.551. The first-order valence-electron chi connectivity index (χ1n) is 4.24. The molecule has 0 fully saturated rings. The van der Waals surface area contributed by atoms with Gasteiger partial charge in [0.1, 0.15) is 5.75 Å². The standard InChI is InChI=1S/C6H14O7S2/c1-3-11-14(7,8)6-5-13-15(9,10)12-4-2/h3-6H2,1-2H3. The second kappa shape index (κ2) is 6.38. The predicted molar refractivity (Wildman–Crippen MR) is 51.9 cm³/mol. The Labute approximate surface area is 89.8 Å². The summed E-state index contributed by atoms with van der Waals surface area (Å²) in [7, 11) is -7.80. The Kier molecular flexibility index (Phi) is 6.29. The fourth-order valence-corrected chi connectivity index (χ4v) is 2.17. The summed E-state index contributed by atoms with van der Waals surface area (Å²) >= 11 is 0. The van der Waals surface area contributed by atoms with Gasteiger partial charge in [-0.15, -0.1) is 0 Å². The summed E-state index contributed by atoms with van der Waals surface area (Å²) in [5, 5.41) is 0. The Morgan fingerprint density at radius 1 is 0.867 bits per heavy atom. The first-order valence-corrected chi connectivity index (χ1v) is 7.15. The summed E-state index contributed by atoms with van der Waals surface area (Å²) in [6.45, 7) is 2.39. The van der Waals surface area contributed by atoms with Gasteiger partial charge in [0.2, 0.25) is 0 Å². The van der Waals surface area contributed by atoms with E-state index in [1.165, 1.54) is 13.8 Å². The highest BCUT2D eigenvalue weighted by atomic mass is 32.3. The Balaban J connectivity index is 4.00. The topological polar surface area (TPSA) is 96.0 Å². The minimum atomic E-state index is -4.09. The Morgan fingerprint density at radius 2 is 1.40 bits per heavy atom. The van der Waals surface area contributed by atoms with Crippen LogP contribution in [0.2, 0.25) is 0 Å². The van der Waals surface area contributed by atoms with E-state index in [4.69, 9.17) is 0 Å². The fourth-order valence-electron chi connectivity index (χ4n) is 0.655. The van der Waals surface area contributed by atoms with Gasteiger partial charge in [0.25, 0.3) is 10.1 Å². The minimum absolute atomic E-state index is 0.000539. The van der Waals surface area contributed by atoms with E-state index < -0.39 is 32.9 Å². The van der Waals surface area contributed by atoms with Crippen molar-refractivity contribution in [3.05, 3.63) is 0 Å². The second-order valence-electron chi connectivity index (χ2n) is 2.31. The summed E-state index contributed by atoms with van der Waals surface area (Å²) in [4.78, 5) is 0. The van der Waals surface area contributed by atoms with Crippen LogP contribution in [-0.4, -0.2) is 42.4 Å². The molecule has 0 aliphatic rings. The molecule has 0 atom stereocenters. The summed E-state index contributed by atoms with van der Waals surface area (Å²) in [5.41, 5.74) is 0. The maximum absolute atomic E-state index is 10.9. The summed E-state index contributed by atoms with van der Waals surface area (Å²) in [5.74, 6) is -0.535. The molecule has 0 aromatic heterocycles. The van der Waals surface area contributed by atoms with Gasteiger partial charge in [-0.2, -0.15) is 16.8 Å². The Morgan fingerprint density at radius 3 is 1.87 bits per heavy atom. The van der Waals surface area contributed by atoms with Crippen LogP contribution in [0.25, 0.3) is 0 Å². The van der Waals surface area contributed by atoms with Gasteiger partial charge in [-0.1, -0.05) is 0 Å². The molecule has 0 N–H and O–H groups in total. The van der Waals surface area contributed by atoms with E-state index in [0.717, 1.165) is 0 Å². The Bertz CT molecular complexity index is 319. The van der Waals surface area contributed by atoms with Gasteiger partial charge in [0.05, 0.1) is 19.8 Å². The molecule has 0 rings (SSSR count). The van der Waals surface area contributed by atoms with Crippen molar-refractivity contribution in [2.24, 2.45) is 0 Å². The smallest absolute Gasteiger partial charge is 0.270 e. The van der Waals surface area contributed by atoms with Gasteiger partial charge < -0.3 is 0 Å². The molecule has 0 heterocycles. The number of hydrogen-bond donors (Lipinski definition) is 0. The second-order valence-corrected chi connectivity index (χ2v) is 5.35. The molecule has 92 valence electrons. The zero-order valence-electron chi connectivity index (χ0n) is 8.50. The molecule has 0 unspecified atom stereocenters. The molecule has 9 heteroatoms.